The van der Waals surface area contributed by atoms with Gasteiger partial charge in [-0.1, -0.05) is 6.07 Å². The van der Waals surface area contributed by atoms with Crippen LogP contribution >= 0.6 is 0 Å². The summed E-state index contributed by atoms with van der Waals surface area (Å²) in [7, 11) is 0. The van der Waals surface area contributed by atoms with Gasteiger partial charge in [0.2, 0.25) is 5.91 Å². The number of rotatable bonds is 5. The molecule has 6 nitrogen and oxygen atoms in total. The summed E-state index contributed by atoms with van der Waals surface area (Å²) in [5.41, 5.74) is 0.578. The number of amides is 1. The fourth-order valence-corrected chi connectivity index (χ4v) is 2.47. The van der Waals surface area contributed by atoms with Crippen LogP contribution in [0.15, 0.2) is 24.3 Å². The number of hydrogen-bond acceptors (Lipinski definition) is 4. The second-order valence-corrected chi connectivity index (χ2v) is 5.01. The molecule has 6 heteroatoms. The number of benzene rings is 1. The third-order valence-electron chi connectivity index (χ3n) is 3.56. The van der Waals surface area contributed by atoms with E-state index in [1.165, 1.54) is 0 Å². The lowest BCUT2D eigenvalue weighted by molar-refractivity contribution is -0.141. The molecule has 0 aromatic heterocycles. The number of ether oxygens (including phenoxy) is 1. The van der Waals surface area contributed by atoms with Crippen LogP contribution in [-0.4, -0.2) is 23.6 Å². The maximum atomic E-state index is 12.1. The molecule has 2 atom stereocenters. The van der Waals surface area contributed by atoms with E-state index >= 15 is 0 Å². The smallest absolute Gasteiger partial charge is 0.306 e. The standard InChI is InChI=1S/C15H16N2O4/c16-6-7-21-13-3-1-2-12(9-13)17-14(18)10-4-5-11(8-10)15(19)20/h1-3,9-11H,4-5,7-8H2,(H,17,18)(H,19,20). The SMILES string of the molecule is N#CCOc1cccc(NC(=O)C2CCC(C(=O)O)C2)c1. The Kier molecular flexibility index (Phi) is 4.77. The highest BCUT2D eigenvalue weighted by molar-refractivity contribution is 5.93. The van der Waals surface area contributed by atoms with Crippen molar-refractivity contribution in [1.29, 1.82) is 5.26 Å². The van der Waals surface area contributed by atoms with Crippen molar-refractivity contribution in [3.8, 4) is 11.8 Å². The molecule has 110 valence electrons. The Bertz CT molecular complexity index is 579. The Hall–Kier alpha value is -2.55. The van der Waals surface area contributed by atoms with Crippen LogP contribution in [0.5, 0.6) is 5.75 Å². The van der Waals surface area contributed by atoms with Crippen molar-refractivity contribution in [1.82, 2.24) is 0 Å². The van der Waals surface area contributed by atoms with Gasteiger partial charge in [-0.25, -0.2) is 0 Å². The minimum absolute atomic E-state index is 0.0552. The Morgan fingerprint density at radius 3 is 2.81 bits per heavy atom. The number of hydrogen-bond donors (Lipinski definition) is 2. The summed E-state index contributed by atoms with van der Waals surface area (Å²) in [5.74, 6) is -1.20. The van der Waals surface area contributed by atoms with Gasteiger partial charge in [0.1, 0.15) is 11.8 Å². The van der Waals surface area contributed by atoms with Crippen molar-refractivity contribution < 1.29 is 19.4 Å². The first kappa shape index (κ1) is 14.9. The zero-order chi connectivity index (χ0) is 15.2. The lowest BCUT2D eigenvalue weighted by atomic mass is 10.0. The van der Waals surface area contributed by atoms with Crippen LogP contribution in [0, 0.1) is 23.2 Å². The van der Waals surface area contributed by atoms with Crippen LogP contribution in [0.25, 0.3) is 0 Å². The molecule has 0 spiro atoms. The second kappa shape index (κ2) is 6.75. The molecule has 1 aliphatic carbocycles. The highest BCUT2D eigenvalue weighted by Gasteiger charge is 2.33. The van der Waals surface area contributed by atoms with Crippen LogP contribution in [0.2, 0.25) is 0 Å². The molecule has 0 heterocycles. The minimum atomic E-state index is -0.836. The van der Waals surface area contributed by atoms with Gasteiger partial charge in [0.15, 0.2) is 6.61 Å². The highest BCUT2D eigenvalue weighted by Crippen LogP contribution is 2.32. The summed E-state index contributed by atoms with van der Waals surface area (Å²) in [5, 5.41) is 20.2. The lowest BCUT2D eigenvalue weighted by Gasteiger charge is -2.11. The summed E-state index contributed by atoms with van der Waals surface area (Å²) < 4.78 is 5.16. The number of anilines is 1. The summed E-state index contributed by atoms with van der Waals surface area (Å²) >= 11 is 0. The number of nitrogens with zero attached hydrogens (tertiary/aromatic N) is 1. The van der Waals surface area contributed by atoms with E-state index in [0.29, 0.717) is 30.7 Å². The van der Waals surface area contributed by atoms with Crippen molar-refractivity contribution in [2.24, 2.45) is 11.8 Å². The van der Waals surface area contributed by atoms with Crippen molar-refractivity contribution in [3.05, 3.63) is 24.3 Å². The number of nitrogens with one attached hydrogen (secondary N) is 1. The molecule has 1 saturated carbocycles. The average molecular weight is 288 g/mol. The maximum absolute atomic E-state index is 12.1. The van der Waals surface area contributed by atoms with E-state index in [-0.39, 0.29) is 18.4 Å². The molecule has 1 aromatic carbocycles. The molecule has 0 radical (unpaired) electrons. The molecule has 0 bridgehead atoms. The Balaban J connectivity index is 1.94. The first-order chi connectivity index (χ1) is 10.1. The quantitative estimate of drug-likeness (QED) is 0.863. The normalized spacial score (nSPS) is 20.5. The summed E-state index contributed by atoms with van der Waals surface area (Å²) in [6.45, 7) is -0.0552. The summed E-state index contributed by atoms with van der Waals surface area (Å²) in [6, 6.07) is 8.65. The first-order valence-electron chi connectivity index (χ1n) is 6.73. The predicted molar refractivity (Wildman–Crippen MR) is 74.6 cm³/mol. The second-order valence-electron chi connectivity index (χ2n) is 5.01. The van der Waals surface area contributed by atoms with E-state index < -0.39 is 11.9 Å². The van der Waals surface area contributed by atoms with Gasteiger partial charge in [-0.15, -0.1) is 0 Å². The van der Waals surface area contributed by atoms with Crippen molar-refractivity contribution >= 4 is 17.6 Å². The third kappa shape index (κ3) is 3.96. The van der Waals surface area contributed by atoms with E-state index in [9.17, 15) is 9.59 Å². The molecular weight excluding hydrogens is 272 g/mol. The Morgan fingerprint density at radius 1 is 1.38 bits per heavy atom. The van der Waals surface area contributed by atoms with Crippen LogP contribution < -0.4 is 10.1 Å². The zero-order valence-electron chi connectivity index (χ0n) is 11.4. The van der Waals surface area contributed by atoms with E-state index in [2.05, 4.69) is 5.32 Å². The Morgan fingerprint density at radius 2 is 2.14 bits per heavy atom. The van der Waals surface area contributed by atoms with Crippen molar-refractivity contribution in [2.75, 3.05) is 11.9 Å². The topological polar surface area (TPSA) is 99.4 Å². The predicted octanol–water partition coefficient (Wildman–Crippen LogP) is 2.03. The molecule has 1 amide bonds. The van der Waals surface area contributed by atoms with E-state index in [0.717, 1.165) is 0 Å². The van der Waals surface area contributed by atoms with E-state index in [4.69, 9.17) is 15.1 Å². The molecule has 1 fully saturated rings. The largest absolute Gasteiger partial charge is 0.481 e. The summed E-state index contributed by atoms with van der Waals surface area (Å²) in [6.07, 6.45) is 1.51. The van der Waals surface area contributed by atoms with Gasteiger partial charge >= 0.3 is 5.97 Å². The van der Waals surface area contributed by atoms with Crippen LogP contribution in [0.4, 0.5) is 5.69 Å². The highest BCUT2D eigenvalue weighted by atomic mass is 16.5. The molecule has 2 rings (SSSR count). The lowest BCUT2D eigenvalue weighted by Crippen LogP contribution is -2.21. The minimum Gasteiger partial charge on any atom is -0.481 e. The molecule has 0 aliphatic heterocycles. The first-order valence-corrected chi connectivity index (χ1v) is 6.73. The van der Waals surface area contributed by atoms with E-state index in [1.54, 1.807) is 24.3 Å². The molecule has 0 saturated heterocycles. The van der Waals surface area contributed by atoms with Crippen molar-refractivity contribution in [3.63, 3.8) is 0 Å². The fourth-order valence-electron chi connectivity index (χ4n) is 2.47. The van der Waals surface area contributed by atoms with Gasteiger partial charge in [0.25, 0.3) is 0 Å². The van der Waals surface area contributed by atoms with Gasteiger partial charge in [0.05, 0.1) is 5.92 Å². The molecule has 21 heavy (non-hydrogen) atoms. The zero-order valence-corrected chi connectivity index (χ0v) is 11.4. The number of carbonyl (C=O) groups excluding carboxylic acids is 1. The fraction of sp³-hybridized carbons (Fsp3) is 0.400. The van der Waals surface area contributed by atoms with Gasteiger partial charge in [-0.2, -0.15) is 5.26 Å². The average Bonchev–Trinajstić information content (AvgIpc) is 2.95. The molecule has 1 aromatic rings. The van der Waals surface area contributed by atoms with Crippen LogP contribution in [0.1, 0.15) is 19.3 Å². The van der Waals surface area contributed by atoms with Gasteiger partial charge in [-0.3, -0.25) is 9.59 Å². The Labute approximate surface area is 122 Å². The number of nitriles is 1. The molecule has 2 N–H and O–H groups in total. The van der Waals surface area contributed by atoms with Crippen LogP contribution in [0.3, 0.4) is 0 Å². The maximum Gasteiger partial charge on any atom is 0.306 e. The van der Waals surface area contributed by atoms with Crippen molar-refractivity contribution in [2.45, 2.75) is 19.3 Å². The van der Waals surface area contributed by atoms with E-state index in [1.807, 2.05) is 6.07 Å². The third-order valence-corrected chi connectivity index (χ3v) is 3.56. The number of aliphatic carboxylic acids is 1. The number of carboxylic acids is 1. The molecular formula is C15H16N2O4. The van der Waals surface area contributed by atoms with Gasteiger partial charge < -0.3 is 15.2 Å². The number of carbonyl (C=O) groups is 2. The van der Waals surface area contributed by atoms with Gasteiger partial charge in [-0.05, 0) is 31.4 Å². The number of carboxylic acid groups (broad SMARTS) is 1. The summed E-state index contributed by atoms with van der Waals surface area (Å²) in [4.78, 5) is 23.0. The monoisotopic (exact) mass is 288 g/mol. The molecule has 1 aliphatic rings. The van der Waals surface area contributed by atoms with Gasteiger partial charge in [0, 0.05) is 17.7 Å². The van der Waals surface area contributed by atoms with Crippen LogP contribution in [-0.2, 0) is 9.59 Å². The molecule has 2 unspecified atom stereocenters.